The van der Waals surface area contributed by atoms with Gasteiger partial charge in [-0.15, -0.1) is 0 Å². The molecule has 7 heteroatoms. The molecule has 0 amide bonds. The first kappa shape index (κ1) is 16.4. The fourth-order valence-electron chi connectivity index (χ4n) is 3.10. The number of hydrogen-bond acceptors (Lipinski definition) is 5. The van der Waals surface area contributed by atoms with E-state index in [1.807, 2.05) is 0 Å². The normalized spacial score (nSPS) is 20.0. The Bertz CT molecular complexity index is 556. The molecule has 0 aromatic carbocycles. The van der Waals surface area contributed by atoms with E-state index in [2.05, 4.69) is 39.3 Å². The molecule has 128 valence electrons. The van der Waals surface area contributed by atoms with Gasteiger partial charge in [-0.25, -0.2) is 4.98 Å². The van der Waals surface area contributed by atoms with Crippen molar-refractivity contribution in [3.05, 3.63) is 11.3 Å². The van der Waals surface area contributed by atoms with Crippen LogP contribution in [0.2, 0.25) is 0 Å². The molecule has 2 N–H and O–H groups in total. The SMILES string of the molecule is CC(C)CCNc1nc(N2CCNCC2)c2c(n1)C(F)(F)CC2. The molecular weight excluding hydrogens is 300 g/mol. The number of hydrogen-bond donors (Lipinski definition) is 2. The molecule has 1 aromatic heterocycles. The minimum Gasteiger partial charge on any atom is -0.354 e. The minimum absolute atomic E-state index is 0.0759. The quantitative estimate of drug-likeness (QED) is 0.870. The standard InChI is InChI=1S/C16H25F2N5/c1-11(2)4-6-20-15-21-13-12(3-5-16(13,17)18)14(22-15)23-9-7-19-8-10-23/h11,19H,3-10H2,1-2H3,(H,20,21,22). The van der Waals surface area contributed by atoms with Gasteiger partial charge in [-0.05, 0) is 18.8 Å². The number of aromatic nitrogens is 2. The maximum atomic E-state index is 14.2. The third-order valence-electron chi connectivity index (χ3n) is 4.44. The Hall–Kier alpha value is -1.50. The third-order valence-corrected chi connectivity index (χ3v) is 4.44. The zero-order valence-corrected chi connectivity index (χ0v) is 13.8. The van der Waals surface area contributed by atoms with Gasteiger partial charge in [0.25, 0.3) is 5.92 Å². The van der Waals surface area contributed by atoms with Crippen LogP contribution in [0.3, 0.4) is 0 Å². The number of piperazine rings is 1. The molecule has 1 aliphatic heterocycles. The van der Waals surface area contributed by atoms with E-state index < -0.39 is 5.92 Å². The molecule has 0 radical (unpaired) electrons. The van der Waals surface area contributed by atoms with E-state index in [9.17, 15) is 8.78 Å². The largest absolute Gasteiger partial charge is 0.354 e. The van der Waals surface area contributed by atoms with Crippen LogP contribution in [0, 0.1) is 5.92 Å². The Morgan fingerprint density at radius 3 is 2.70 bits per heavy atom. The molecule has 0 spiro atoms. The Kier molecular flexibility index (Phi) is 4.66. The van der Waals surface area contributed by atoms with Gasteiger partial charge in [0.05, 0.1) is 0 Å². The minimum atomic E-state index is -2.84. The van der Waals surface area contributed by atoms with Gasteiger partial charge < -0.3 is 15.5 Å². The molecule has 1 aromatic rings. The summed E-state index contributed by atoms with van der Waals surface area (Å²) in [6.45, 7) is 8.25. The Morgan fingerprint density at radius 1 is 1.26 bits per heavy atom. The van der Waals surface area contributed by atoms with Crippen LogP contribution in [0.25, 0.3) is 0 Å². The average molecular weight is 325 g/mol. The zero-order chi connectivity index (χ0) is 16.4. The average Bonchev–Trinajstić information content (AvgIpc) is 2.83. The fraction of sp³-hybridized carbons (Fsp3) is 0.750. The number of anilines is 2. The van der Waals surface area contributed by atoms with Crippen LogP contribution < -0.4 is 15.5 Å². The second-order valence-electron chi connectivity index (χ2n) is 6.75. The Morgan fingerprint density at radius 2 is 2.00 bits per heavy atom. The number of rotatable bonds is 5. The summed E-state index contributed by atoms with van der Waals surface area (Å²) < 4.78 is 28.3. The van der Waals surface area contributed by atoms with Gasteiger partial charge in [0.2, 0.25) is 5.95 Å². The summed E-state index contributed by atoms with van der Waals surface area (Å²) in [5, 5.41) is 6.41. The molecule has 2 heterocycles. The highest BCUT2D eigenvalue weighted by atomic mass is 19.3. The molecule has 2 aliphatic rings. The summed E-state index contributed by atoms with van der Waals surface area (Å²) in [4.78, 5) is 10.8. The van der Waals surface area contributed by atoms with Crippen molar-refractivity contribution in [2.24, 2.45) is 5.92 Å². The molecule has 0 saturated carbocycles. The summed E-state index contributed by atoms with van der Waals surface area (Å²) in [6.07, 6.45) is 1.15. The lowest BCUT2D eigenvalue weighted by Gasteiger charge is -2.30. The highest BCUT2D eigenvalue weighted by Gasteiger charge is 2.43. The molecule has 1 aliphatic carbocycles. The van der Waals surface area contributed by atoms with Crippen LogP contribution in [0.1, 0.15) is 37.9 Å². The summed E-state index contributed by atoms with van der Waals surface area (Å²) in [5.41, 5.74) is 0.555. The molecule has 0 bridgehead atoms. The van der Waals surface area contributed by atoms with Crippen LogP contribution in [0.4, 0.5) is 20.5 Å². The number of nitrogens with one attached hydrogen (secondary N) is 2. The monoisotopic (exact) mass is 325 g/mol. The van der Waals surface area contributed by atoms with Crippen LogP contribution in [-0.4, -0.2) is 42.7 Å². The van der Waals surface area contributed by atoms with Crippen molar-refractivity contribution in [2.75, 3.05) is 42.9 Å². The molecular formula is C16H25F2N5. The Labute approximate surface area is 135 Å². The van der Waals surface area contributed by atoms with Crippen LogP contribution in [-0.2, 0) is 12.3 Å². The van der Waals surface area contributed by atoms with E-state index in [-0.39, 0.29) is 12.1 Å². The van der Waals surface area contributed by atoms with Gasteiger partial charge in [-0.2, -0.15) is 13.8 Å². The van der Waals surface area contributed by atoms with Crippen LogP contribution in [0.5, 0.6) is 0 Å². The molecule has 0 unspecified atom stereocenters. The summed E-state index contributed by atoms with van der Waals surface area (Å²) in [7, 11) is 0. The summed E-state index contributed by atoms with van der Waals surface area (Å²) >= 11 is 0. The van der Waals surface area contributed by atoms with Crippen molar-refractivity contribution in [3.63, 3.8) is 0 Å². The lowest BCUT2D eigenvalue weighted by Crippen LogP contribution is -2.44. The molecule has 23 heavy (non-hydrogen) atoms. The smallest absolute Gasteiger partial charge is 0.290 e. The maximum absolute atomic E-state index is 14.2. The Balaban J connectivity index is 1.89. The van der Waals surface area contributed by atoms with Crippen LogP contribution >= 0.6 is 0 Å². The number of fused-ring (bicyclic) bond motifs is 1. The summed E-state index contributed by atoms with van der Waals surface area (Å²) in [5.74, 6) is -1.26. The van der Waals surface area contributed by atoms with Crippen LogP contribution in [0.15, 0.2) is 0 Å². The maximum Gasteiger partial charge on any atom is 0.290 e. The van der Waals surface area contributed by atoms with Crippen molar-refractivity contribution in [3.8, 4) is 0 Å². The number of alkyl halides is 2. The lowest BCUT2D eigenvalue weighted by molar-refractivity contribution is -0.00587. The topological polar surface area (TPSA) is 53.1 Å². The molecule has 5 nitrogen and oxygen atoms in total. The second kappa shape index (κ2) is 6.55. The molecule has 1 saturated heterocycles. The van der Waals surface area contributed by atoms with E-state index in [0.717, 1.165) is 32.6 Å². The highest BCUT2D eigenvalue weighted by Crippen LogP contribution is 2.43. The lowest BCUT2D eigenvalue weighted by atomic mass is 10.1. The first-order chi connectivity index (χ1) is 11.0. The van der Waals surface area contributed by atoms with E-state index in [1.165, 1.54) is 0 Å². The second-order valence-corrected chi connectivity index (χ2v) is 6.75. The predicted octanol–water partition coefficient (Wildman–Crippen LogP) is 2.38. The number of halogens is 2. The number of nitrogens with zero attached hydrogens (tertiary/aromatic N) is 3. The third kappa shape index (κ3) is 3.54. The van der Waals surface area contributed by atoms with Gasteiger partial charge in [0.1, 0.15) is 11.5 Å². The van der Waals surface area contributed by atoms with Gasteiger partial charge in [-0.3, -0.25) is 0 Å². The summed E-state index contributed by atoms with van der Waals surface area (Å²) in [6, 6.07) is 0. The first-order valence-electron chi connectivity index (χ1n) is 8.46. The van der Waals surface area contributed by atoms with E-state index in [0.29, 0.717) is 36.2 Å². The highest BCUT2D eigenvalue weighted by molar-refractivity contribution is 5.56. The van der Waals surface area contributed by atoms with E-state index in [4.69, 9.17) is 0 Å². The molecule has 1 fully saturated rings. The van der Waals surface area contributed by atoms with Crippen molar-refractivity contribution in [2.45, 2.75) is 39.0 Å². The van der Waals surface area contributed by atoms with Crippen molar-refractivity contribution >= 4 is 11.8 Å². The zero-order valence-electron chi connectivity index (χ0n) is 13.8. The van der Waals surface area contributed by atoms with Gasteiger partial charge in [0, 0.05) is 44.7 Å². The van der Waals surface area contributed by atoms with E-state index >= 15 is 0 Å². The predicted molar refractivity (Wildman–Crippen MR) is 87.3 cm³/mol. The van der Waals surface area contributed by atoms with Crippen molar-refractivity contribution < 1.29 is 8.78 Å². The van der Waals surface area contributed by atoms with E-state index in [1.54, 1.807) is 0 Å². The molecule has 0 atom stereocenters. The molecule has 3 rings (SSSR count). The first-order valence-corrected chi connectivity index (χ1v) is 8.46. The van der Waals surface area contributed by atoms with Gasteiger partial charge in [0.15, 0.2) is 0 Å². The van der Waals surface area contributed by atoms with Gasteiger partial charge >= 0.3 is 0 Å². The fourth-order valence-corrected chi connectivity index (χ4v) is 3.10. The van der Waals surface area contributed by atoms with Crippen molar-refractivity contribution in [1.82, 2.24) is 15.3 Å². The van der Waals surface area contributed by atoms with Gasteiger partial charge in [-0.1, -0.05) is 13.8 Å². The van der Waals surface area contributed by atoms with Crippen molar-refractivity contribution in [1.29, 1.82) is 0 Å².